The van der Waals surface area contributed by atoms with Crippen LogP contribution < -0.4 is 5.32 Å². The normalized spacial score (nSPS) is 49.5. The van der Waals surface area contributed by atoms with Gasteiger partial charge in [-0.3, -0.25) is 0 Å². The quantitative estimate of drug-likeness (QED) is 0.663. The summed E-state index contributed by atoms with van der Waals surface area (Å²) < 4.78 is 0. The van der Waals surface area contributed by atoms with Crippen molar-refractivity contribution in [2.75, 3.05) is 12.3 Å². The molecule has 0 bridgehead atoms. The summed E-state index contributed by atoms with van der Waals surface area (Å²) in [6.45, 7) is 8.42. The number of hydrogen-bond acceptors (Lipinski definition) is 2. The summed E-state index contributed by atoms with van der Waals surface area (Å²) in [4.78, 5) is 0.435. The molecule has 1 saturated carbocycles. The summed E-state index contributed by atoms with van der Waals surface area (Å²) in [5.41, 5.74) is 0. The highest BCUT2D eigenvalue weighted by molar-refractivity contribution is 8.00. The van der Waals surface area contributed by atoms with Crippen LogP contribution in [0.3, 0.4) is 0 Å². The van der Waals surface area contributed by atoms with Crippen LogP contribution in [-0.4, -0.2) is 17.2 Å². The van der Waals surface area contributed by atoms with Gasteiger partial charge >= 0.3 is 0 Å². The van der Waals surface area contributed by atoms with Gasteiger partial charge in [0.25, 0.3) is 0 Å². The van der Waals surface area contributed by atoms with Gasteiger partial charge in [0.1, 0.15) is 0 Å². The lowest BCUT2D eigenvalue weighted by Crippen LogP contribution is -2.55. The van der Waals surface area contributed by atoms with Gasteiger partial charge in [0, 0.05) is 0 Å². The molecule has 1 spiro atoms. The lowest BCUT2D eigenvalue weighted by molar-refractivity contribution is 0.190. The Hall–Kier alpha value is 0.310. The molecule has 2 aliphatic rings. The van der Waals surface area contributed by atoms with Crippen LogP contribution >= 0.6 is 11.8 Å². The Labute approximate surface area is 92.4 Å². The second kappa shape index (κ2) is 4.05. The van der Waals surface area contributed by atoms with Crippen LogP contribution in [0, 0.1) is 17.8 Å². The third kappa shape index (κ3) is 1.96. The average Bonchev–Trinajstić information content (AvgIpc) is 2.17. The first-order chi connectivity index (χ1) is 6.62. The molecule has 0 aromatic carbocycles. The molecule has 0 amide bonds. The number of hydrogen-bond donors (Lipinski definition) is 1. The predicted octanol–water partition coefficient (Wildman–Crippen LogP) is 3.11. The molecule has 0 aromatic rings. The second-order valence-electron chi connectivity index (χ2n) is 5.47. The van der Waals surface area contributed by atoms with Crippen molar-refractivity contribution in [3.8, 4) is 0 Å². The molecular formula is C12H23NS. The summed E-state index contributed by atoms with van der Waals surface area (Å²) in [6, 6.07) is 0. The minimum atomic E-state index is 0.435. The summed E-state index contributed by atoms with van der Waals surface area (Å²) in [5.74, 6) is 3.98. The Bertz CT molecular complexity index is 196. The smallest absolute Gasteiger partial charge is 0.0673 e. The molecular weight excluding hydrogens is 190 g/mol. The highest BCUT2D eigenvalue weighted by Gasteiger charge is 2.42. The molecule has 14 heavy (non-hydrogen) atoms. The van der Waals surface area contributed by atoms with Gasteiger partial charge in [-0.25, -0.2) is 0 Å². The molecule has 2 rings (SSSR count). The zero-order chi connectivity index (χ0) is 10.2. The number of nitrogens with one attached hydrogen (secondary N) is 1. The largest absolute Gasteiger partial charge is 0.302 e. The lowest BCUT2D eigenvalue weighted by atomic mass is 9.79. The molecule has 1 aliphatic heterocycles. The first-order valence-electron chi connectivity index (χ1n) is 6.01. The van der Waals surface area contributed by atoms with Crippen molar-refractivity contribution < 1.29 is 0 Å². The lowest BCUT2D eigenvalue weighted by Gasteiger charge is -2.48. The van der Waals surface area contributed by atoms with Gasteiger partial charge in [0.2, 0.25) is 0 Å². The second-order valence-corrected chi connectivity index (χ2v) is 6.82. The van der Waals surface area contributed by atoms with Crippen molar-refractivity contribution in [3.05, 3.63) is 0 Å². The van der Waals surface area contributed by atoms with Crippen LogP contribution in [0.5, 0.6) is 0 Å². The summed E-state index contributed by atoms with van der Waals surface area (Å²) in [5, 5.41) is 3.83. The maximum atomic E-state index is 3.83. The van der Waals surface area contributed by atoms with Gasteiger partial charge in [-0.05, 0) is 42.9 Å². The van der Waals surface area contributed by atoms with Crippen molar-refractivity contribution in [2.45, 2.75) is 44.9 Å². The van der Waals surface area contributed by atoms with Crippen molar-refractivity contribution in [2.24, 2.45) is 17.8 Å². The van der Waals surface area contributed by atoms with Crippen LogP contribution in [0.15, 0.2) is 0 Å². The van der Waals surface area contributed by atoms with Crippen molar-refractivity contribution >= 4 is 11.8 Å². The molecule has 1 aliphatic carbocycles. The van der Waals surface area contributed by atoms with Crippen molar-refractivity contribution in [1.29, 1.82) is 0 Å². The van der Waals surface area contributed by atoms with Crippen molar-refractivity contribution in [1.82, 2.24) is 5.32 Å². The standard InChI is InChI=1S/C12H23NS/c1-9-4-5-11(3)12(6-9)13-7-10(2)8-14-12/h9-11,13H,4-8H2,1-3H3. The van der Waals surface area contributed by atoms with E-state index < -0.39 is 0 Å². The number of thioether (sulfide) groups is 1. The molecule has 4 unspecified atom stereocenters. The van der Waals surface area contributed by atoms with Crippen LogP contribution in [0.25, 0.3) is 0 Å². The zero-order valence-corrected chi connectivity index (χ0v) is 10.5. The minimum absolute atomic E-state index is 0.435. The van der Waals surface area contributed by atoms with Gasteiger partial charge in [-0.2, -0.15) is 0 Å². The zero-order valence-electron chi connectivity index (χ0n) is 9.68. The SMILES string of the molecule is CC1CNC2(CC(C)CCC2C)SC1. The van der Waals surface area contributed by atoms with Gasteiger partial charge in [-0.15, -0.1) is 11.8 Å². The third-order valence-corrected chi connectivity index (χ3v) is 5.88. The molecule has 0 radical (unpaired) electrons. The Morgan fingerprint density at radius 2 is 1.93 bits per heavy atom. The maximum absolute atomic E-state index is 3.83. The first kappa shape index (κ1) is 10.8. The van der Waals surface area contributed by atoms with Crippen LogP contribution in [0.4, 0.5) is 0 Å². The average molecular weight is 213 g/mol. The van der Waals surface area contributed by atoms with E-state index in [1.807, 2.05) is 0 Å². The molecule has 82 valence electrons. The predicted molar refractivity (Wildman–Crippen MR) is 64.5 cm³/mol. The molecule has 0 aromatic heterocycles. The van der Waals surface area contributed by atoms with E-state index in [0.29, 0.717) is 4.87 Å². The van der Waals surface area contributed by atoms with E-state index in [1.54, 1.807) is 0 Å². The van der Waals surface area contributed by atoms with Crippen LogP contribution in [0.1, 0.15) is 40.0 Å². The Morgan fingerprint density at radius 1 is 1.14 bits per heavy atom. The Morgan fingerprint density at radius 3 is 2.57 bits per heavy atom. The highest BCUT2D eigenvalue weighted by atomic mass is 32.2. The molecule has 1 nitrogen and oxygen atoms in total. The molecule has 2 fully saturated rings. The van der Waals surface area contributed by atoms with E-state index in [4.69, 9.17) is 0 Å². The minimum Gasteiger partial charge on any atom is -0.302 e. The summed E-state index contributed by atoms with van der Waals surface area (Å²) in [6.07, 6.45) is 4.22. The third-order valence-electron chi connectivity index (χ3n) is 3.92. The van der Waals surface area contributed by atoms with Gasteiger partial charge in [0.05, 0.1) is 4.87 Å². The molecule has 4 atom stereocenters. The van der Waals surface area contributed by atoms with E-state index >= 15 is 0 Å². The van der Waals surface area contributed by atoms with Gasteiger partial charge in [0.15, 0.2) is 0 Å². The topological polar surface area (TPSA) is 12.0 Å². The van der Waals surface area contributed by atoms with E-state index in [0.717, 1.165) is 17.8 Å². The Kier molecular flexibility index (Phi) is 3.13. The van der Waals surface area contributed by atoms with Crippen LogP contribution in [-0.2, 0) is 0 Å². The molecule has 1 heterocycles. The van der Waals surface area contributed by atoms with E-state index in [2.05, 4.69) is 37.8 Å². The van der Waals surface area contributed by atoms with Gasteiger partial charge in [-0.1, -0.05) is 27.2 Å². The molecule has 1 saturated heterocycles. The Balaban J connectivity index is 2.05. The fourth-order valence-corrected chi connectivity index (χ4v) is 4.47. The maximum Gasteiger partial charge on any atom is 0.0673 e. The first-order valence-corrected chi connectivity index (χ1v) is 7.00. The van der Waals surface area contributed by atoms with Crippen LogP contribution in [0.2, 0.25) is 0 Å². The highest BCUT2D eigenvalue weighted by Crippen LogP contribution is 2.46. The van der Waals surface area contributed by atoms with E-state index in [9.17, 15) is 0 Å². The fraction of sp³-hybridized carbons (Fsp3) is 1.00. The van der Waals surface area contributed by atoms with E-state index in [1.165, 1.54) is 31.6 Å². The van der Waals surface area contributed by atoms with Crippen molar-refractivity contribution in [3.63, 3.8) is 0 Å². The molecule has 2 heteroatoms. The van der Waals surface area contributed by atoms with Gasteiger partial charge < -0.3 is 5.32 Å². The number of rotatable bonds is 0. The van der Waals surface area contributed by atoms with E-state index in [-0.39, 0.29) is 0 Å². The monoisotopic (exact) mass is 213 g/mol. The summed E-state index contributed by atoms with van der Waals surface area (Å²) >= 11 is 2.20. The summed E-state index contributed by atoms with van der Waals surface area (Å²) in [7, 11) is 0. The molecule has 1 N–H and O–H groups in total. The fourth-order valence-electron chi connectivity index (χ4n) is 2.78.